The van der Waals surface area contributed by atoms with Crippen molar-refractivity contribution in [2.24, 2.45) is 0 Å². The molecule has 0 bridgehead atoms. The van der Waals surface area contributed by atoms with Crippen LogP contribution in [0.25, 0.3) is 0 Å². The van der Waals surface area contributed by atoms with Gasteiger partial charge in [-0.3, -0.25) is 13.9 Å². The van der Waals surface area contributed by atoms with Crippen molar-refractivity contribution >= 4 is 39.1 Å². The lowest BCUT2D eigenvalue weighted by atomic mass is 10.1. The smallest absolute Gasteiger partial charge is 0.244 e. The molecular weight excluding hydrogens is 506 g/mol. The normalized spacial score (nSPS) is 12.4. The summed E-state index contributed by atoms with van der Waals surface area (Å²) >= 11 is 5.99. The number of halogens is 1. The van der Waals surface area contributed by atoms with Gasteiger partial charge in [-0.25, -0.2) is 8.42 Å². The fourth-order valence-electron chi connectivity index (χ4n) is 3.44. The second-order valence-electron chi connectivity index (χ2n) is 9.37. The number of hydrogen-bond donors (Lipinski definition) is 1. The highest BCUT2D eigenvalue weighted by Crippen LogP contribution is 2.32. The van der Waals surface area contributed by atoms with Crippen molar-refractivity contribution in [1.29, 1.82) is 0 Å². The topological polar surface area (TPSA) is 105 Å². The summed E-state index contributed by atoms with van der Waals surface area (Å²) in [4.78, 5) is 27.9. The standard InChI is InChI=1S/C25H34ClN3O6S/c1-17(24(31)27-25(2,3)4)28(15-18-8-10-19(26)11-9-18)23(30)16-29(36(7,32)33)20-12-13-21(34-5)22(14-20)35-6/h8-14,17H,15-16H2,1-7H3,(H,27,31)/t17-/m1/s1. The van der Waals surface area contributed by atoms with Gasteiger partial charge in [-0.15, -0.1) is 0 Å². The van der Waals surface area contributed by atoms with Crippen LogP contribution < -0.4 is 19.1 Å². The van der Waals surface area contributed by atoms with Crippen LogP contribution in [0, 0.1) is 0 Å². The largest absolute Gasteiger partial charge is 0.493 e. The lowest BCUT2D eigenvalue weighted by molar-refractivity contribution is -0.140. The number of amides is 2. The van der Waals surface area contributed by atoms with E-state index in [9.17, 15) is 18.0 Å². The van der Waals surface area contributed by atoms with Crippen LogP contribution in [0.15, 0.2) is 42.5 Å². The number of anilines is 1. The molecule has 0 fully saturated rings. The van der Waals surface area contributed by atoms with Crippen LogP contribution in [0.3, 0.4) is 0 Å². The van der Waals surface area contributed by atoms with Gasteiger partial charge in [0, 0.05) is 23.2 Å². The maximum absolute atomic E-state index is 13.6. The highest BCUT2D eigenvalue weighted by atomic mass is 35.5. The Morgan fingerprint density at radius 2 is 1.61 bits per heavy atom. The van der Waals surface area contributed by atoms with E-state index in [0.717, 1.165) is 16.1 Å². The van der Waals surface area contributed by atoms with E-state index in [0.29, 0.717) is 16.5 Å². The molecule has 0 heterocycles. The first-order valence-electron chi connectivity index (χ1n) is 11.2. The Balaban J connectivity index is 2.44. The zero-order valence-electron chi connectivity index (χ0n) is 21.7. The molecule has 0 aliphatic carbocycles. The molecule has 0 aromatic heterocycles. The first-order chi connectivity index (χ1) is 16.7. The number of hydrogen-bond acceptors (Lipinski definition) is 6. The number of carbonyl (C=O) groups excluding carboxylic acids is 2. The second kappa shape index (κ2) is 11.8. The zero-order chi connectivity index (χ0) is 27.3. The monoisotopic (exact) mass is 539 g/mol. The Bertz CT molecular complexity index is 1180. The van der Waals surface area contributed by atoms with E-state index < -0.39 is 34.1 Å². The second-order valence-corrected chi connectivity index (χ2v) is 11.7. The number of ether oxygens (including phenoxy) is 2. The van der Waals surface area contributed by atoms with Gasteiger partial charge >= 0.3 is 0 Å². The number of benzene rings is 2. The Labute approximate surface area is 218 Å². The number of carbonyl (C=O) groups is 2. The summed E-state index contributed by atoms with van der Waals surface area (Å²) in [5.41, 5.74) is 0.445. The zero-order valence-corrected chi connectivity index (χ0v) is 23.2. The molecule has 0 radical (unpaired) electrons. The third-order valence-electron chi connectivity index (χ3n) is 5.27. The quantitative estimate of drug-likeness (QED) is 0.496. The Hall–Kier alpha value is -2.98. The highest BCUT2D eigenvalue weighted by molar-refractivity contribution is 7.92. The van der Waals surface area contributed by atoms with Crippen molar-refractivity contribution in [2.75, 3.05) is 31.3 Å². The summed E-state index contributed by atoms with van der Waals surface area (Å²) in [7, 11) is -0.975. The Morgan fingerprint density at radius 3 is 2.11 bits per heavy atom. The average molecular weight is 540 g/mol. The van der Waals surface area contributed by atoms with Crippen LogP contribution in [0.5, 0.6) is 11.5 Å². The minimum Gasteiger partial charge on any atom is -0.493 e. The third kappa shape index (κ3) is 8.03. The summed E-state index contributed by atoms with van der Waals surface area (Å²) in [6, 6.07) is 10.6. The molecule has 9 nitrogen and oxygen atoms in total. The predicted molar refractivity (Wildman–Crippen MR) is 141 cm³/mol. The summed E-state index contributed by atoms with van der Waals surface area (Å²) in [6.45, 7) is 6.69. The number of methoxy groups -OCH3 is 2. The average Bonchev–Trinajstić information content (AvgIpc) is 2.79. The van der Waals surface area contributed by atoms with Crippen LogP contribution in [0.4, 0.5) is 5.69 Å². The fraction of sp³-hybridized carbons (Fsp3) is 0.440. The van der Waals surface area contributed by atoms with Crippen LogP contribution in [0.1, 0.15) is 33.3 Å². The van der Waals surface area contributed by atoms with Gasteiger partial charge in [-0.2, -0.15) is 0 Å². The number of nitrogens with one attached hydrogen (secondary N) is 1. The molecule has 2 aromatic carbocycles. The van der Waals surface area contributed by atoms with Gasteiger partial charge in [0.25, 0.3) is 0 Å². The van der Waals surface area contributed by atoms with Crippen molar-refractivity contribution < 1.29 is 27.5 Å². The molecule has 2 aromatic rings. The van der Waals surface area contributed by atoms with Crippen molar-refractivity contribution in [2.45, 2.75) is 45.8 Å². The third-order valence-corrected chi connectivity index (χ3v) is 6.66. The molecule has 36 heavy (non-hydrogen) atoms. The van der Waals surface area contributed by atoms with E-state index >= 15 is 0 Å². The van der Waals surface area contributed by atoms with E-state index in [1.165, 1.54) is 31.3 Å². The molecule has 11 heteroatoms. The molecule has 198 valence electrons. The van der Waals surface area contributed by atoms with E-state index in [4.69, 9.17) is 21.1 Å². The fourth-order valence-corrected chi connectivity index (χ4v) is 4.40. The van der Waals surface area contributed by atoms with E-state index in [1.807, 2.05) is 20.8 Å². The molecule has 0 saturated heterocycles. The lowest BCUT2D eigenvalue weighted by Gasteiger charge is -2.33. The van der Waals surface area contributed by atoms with Crippen molar-refractivity contribution in [1.82, 2.24) is 10.2 Å². The highest BCUT2D eigenvalue weighted by Gasteiger charge is 2.31. The van der Waals surface area contributed by atoms with Gasteiger partial charge in [-0.1, -0.05) is 23.7 Å². The molecule has 1 atom stereocenters. The van der Waals surface area contributed by atoms with Crippen LogP contribution >= 0.6 is 11.6 Å². The van der Waals surface area contributed by atoms with Gasteiger partial charge in [0.15, 0.2) is 11.5 Å². The molecule has 0 spiro atoms. The van der Waals surface area contributed by atoms with Crippen LogP contribution in [-0.2, 0) is 26.2 Å². The minimum atomic E-state index is -3.87. The van der Waals surface area contributed by atoms with Gasteiger partial charge in [0.1, 0.15) is 12.6 Å². The molecule has 1 N–H and O–H groups in total. The van der Waals surface area contributed by atoms with E-state index in [2.05, 4.69) is 5.32 Å². The molecule has 0 unspecified atom stereocenters. The molecule has 0 aliphatic rings. The van der Waals surface area contributed by atoms with Crippen molar-refractivity contribution in [3.63, 3.8) is 0 Å². The molecule has 2 rings (SSSR count). The molecule has 0 aliphatic heterocycles. The molecular formula is C25H34ClN3O6S. The van der Waals surface area contributed by atoms with Gasteiger partial charge in [-0.05, 0) is 57.5 Å². The van der Waals surface area contributed by atoms with Crippen molar-refractivity contribution in [3.8, 4) is 11.5 Å². The first-order valence-corrected chi connectivity index (χ1v) is 13.4. The minimum absolute atomic E-state index is 0.0816. The maximum Gasteiger partial charge on any atom is 0.244 e. The number of rotatable bonds is 10. The van der Waals surface area contributed by atoms with Crippen LogP contribution in [-0.4, -0.2) is 63.7 Å². The van der Waals surface area contributed by atoms with Gasteiger partial charge in [0.05, 0.1) is 26.2 Å². The van der Waals surface area contributed by atoms with Crippen molar-refractivity contribution in [3.05, 3.63) is 53.1 Å². The first kappa shape index (κ1) is 29.3. The molecule has 2 amide bonds. The number of sulfonamides is 1. The SMILES string of the molecule is COc1ccc(N(CC(=O)N(Cc2ccc(Cl)cc2)[C@H](C)C(=O)NC(C)(C)C)S(C)(=O)=O)cc1OC. The Morgan fingerprint density at radius 1 is 1.03 bits per heavy atom. The van der Waals surface area contributed by atoms with Gasteiger partial charge in [0.2, 0.25) is 21.8 Å². The predicted octanol–water partition coefficient (Wildman–Crippen LogP) is 3.46. The van der Waals surface area contributed by atoms with E-state index in [1.54, 1.807) is 37.3 Å². The van der Waals surface area contributed by atoms with Crippen LogP contribution in [0.2, 0.25) is 5.02 Å². The summed E-state index contributed by atoms with van der Waals surface area (Å²) in [6.07, 6.45) is 1.01. The molecule has 0 saturated carbocycles. The van der Waals surface area contributed by atoms with Gasteiger partial charge < -0.3 is 19.7 Å². The Kier molecular flexibility index (Phi) is 9.62. The maximum atomic E-state index is 13.6. The van der Waals surface area contributed by atoms with E-state index in [-0.39, 0.29) is 18.1 Å². The number of nitrogens with zero attached hydrogens (tertiary/aromatic N) is 2. The lowest BCUT2D eigenvalue weighted by Crippen LogP contribution is -2.54. The summed E-state index contributed by atoms with van der Waals surface area (Å²) in [5.74, 6) is -0.187. The summed E-state index contributed by atoms with van der Waals surface area (Å²) < 4.78 is 36.9. The summed E-state index contributed by atoms with van der Waals surface area (Å²) in [5, 5.41) is 3.41.